The van der Waals surface area contributed by atoms with Gasteiger partial charge in [-0.05, 0) is 18.2 Å². The Bertz CT molecular complexity index is 485. The van der Waals surface area contributed by atoms with Crippen LogP contribution in [0.5, 0.6) is 11.5 Å². The van der Waals surface area contributed by atoms with Crippen LogP contribution in [-0.4, -0.2) is 69.2 Å². The van der Waals surface area contributed by atoms with Gasteiger partial charge >= 0.3 is 0 Å². The molecule has 21 heavy (non-hydrogen) atoms. The van der Waals surface area contributed by atoms with Gasteiger partial charge in [0.1, 0.15) is 0 Å². The van der Waals surface area contributed by atoms with Crippen molar-refractivity contribution in [3.63, 3.8) is 0 Å². The van der Waals surface area contributed by atoms with Gasteiger partial charge in [0.25, 0.3) is 5.91 Å². The van der Waals surface area contributed by atoms with Crippen LogP contribution in [-0.2, 0) is 0 Å². The first-order valence-electron chi connectivity index (χ1n) is 7.13. The Morgan fingerprint density at radius 1 is 1.14 bits per heavy atom. The summed E-state index contributed by atoms with van der Waals surface area (Å²) in [4.78, 5) is 16.7. The Morgan fingerprint density at radius 3 is 2.38 bits per heavy atom. The first-order chi connectivity index (χ1) is 10.2. The molecular formula is C15H23N3O3. The standard InChI is InChI=1S/C15H23N3O3/c1-20-13-4-3-12(11-14(13)21-2)15(19)18-9-7-17(6-5-16)8-10-18/h3-4,11H,5-10,16H2,1-2H3. The van der Waals surface area contributed by atoms with Crippen LogP contribution < -0.4 is 15.2 Å². The summed E-state index contributed by atoms with van der Waals surface area (Å²) in [6.07, 6.45) is 0. The summed E-state index contributed by atoms with van der Waals surface area (Å²) < 4.78 is 10.4. The number of hydrogen-bond donors (Lipinski definition) is 1. The number of benzene rings is 1. The SMILES string of the molecule is COc1ccc(C(=O)N2CCN(CCN)CC2)cc1OC. The second-order valence-corrected chi connectivity index (χ2v) is 4.99. The molecule has 1 saturated heterocycles. The second kappa shape index (κ2) is 7.28. The predicted molar refractivity (Wildman–Crippen MR) is 80.9 cm³/mol. The van der Waals surface area contributed by atoms with Gasteiger partial charge in [0.2, 0.25) is 0 Å². The molecule has 1 fully saturated rings. The maximum Gasteiger partial charge on any atom is 0.254 e. The minimum absolute atomic E-state index is 0.0309. The Hall–Kier alpha value is -1.79. The highest BCUT2D eigenvalue weighted by Crippen LogP contribution is 2.28. The summed E-state index contributed by atoms with van der Waals surface area (Å²) in [5, 5.41) is 0. The maximum absolute atomic E-state index is 12.5. The molecule has 6 nitrogen and oxygen atoms in total. The molecule has 0 radical (unpaired) electrons. The fourth-order valence-corrected chi connectivity index (χ4v) is 2.51. The van der Waals surface area contributed by atoms with Gasteiger partial charge in [-0.25, -0.2) is 0 Å². The molecule has 1 aromatic carbocycles. The van der Waals surface area contributed by atoms with Crippen molar-refractivity contribution in [2.75, 3.05) is 53.5 Å². The van der Waals surface area contributed by atoms with Crippen molar-refractivity contribution in [3.05, 3.63) is 23.8 Å². The van der Waals surface area contributed by atoms with Crippen molar-refractivity contribution in [2.24, 2.45) is 5.73 Å². The van der Waals surface area contributed by atoms with Gasteiger partial charge in [0.05, 0.1) is 14.2 Å². The van der Waals surface area contributed by atoms with Crippen molar-refractivity contribution >= 4 is 5.91 Å². The molecule has 2 N–H and O–H groups in total. The summed E-state index contributed by atoms with van der Waals surface area (Å²) in [6.45, 7) is 4.74. The number of amides is 1. The fraction of sp³-hybridized carbons (Fsp3) is 0.533. The van der Waals surface area contributed by atoms with Crippen LogP contribution in [0.15, 0.2) is 18.2 Å². The van der Waals surface area contributed by atoms with Crippen LogP contribution in [0.1, 0.15) is 10.4 Å². The maximum atomic E-state index is 12.5. The molecule has 116 valence electrons. The number of rotatable bonds is 5. The topological polar surface area (TPSA) is 68.0 Å². The smallest absolute Gasteiger partial charge is 0.254 e. The Kier molecular flexibility index (Phi) is 5.41. The van der Waals surface area contributed by atoms with Crippen molar-refractivity contribution in [3.8, 4) is 11.5 Å². The quantitative estimate of drug-likeness (QED) is 0.852. The number of hydrogen-bond acceptors (Lipinski definition) is 5. The van der Waals surface area contributed by atoms with E-state index in [1.807, 2.05) is 4.90 Å². The van der Waals surface area contributed by atoms with Crippen LogP contribution in [0.3, 0.4) is 0 Å². The Labute approximate surface area is 125 Å². The lowest BCUT2D eigenvalue weighted by atomic mass is 10.1. The fourth-order valence-electron chi connectivity index (χ4n) is 2.51. The van der Waals surface area contributed by atoms with E-state index in [0.29, 0.717) is 23.6 Å². The highest BCUT2D eigenvalue weighted by molar-refractivity contribution is 5.95. The van der Waals surface area contributed by atoms with E-state index in [0.717, 1.165) is 32.7 Å². The zero-order valence-electron chi connectivity index (χ0n) is 12.7. The third kappa shape index (κ3) is 3.65. The molecule has 0 atom stereocenters. The van der Waals surface area contributed by atoms with E-state index in [4.69, 9.17) is 15.2 Å². The third-order valence-corrected chi connectivity index (χ3v) is 3.74. The molecule has 0 unspecified atom stereocenters. The van der Waals surface area contributed by atoms with Crippen molar-refractivity contribution < 1.29 is 14.3 Å². The first-order valence-corrected chi connectivity index (χ1v) is 7.13. The normalized spacial score (nSPS) is 15.9. The van der Waals surface area contributed by atoms with Crippen LogP contribution >= 0.6 is 0 Å². The molecule has 0 bridgehead atoms. The van der Waals surface area contributed by atoms with Crippen molar-refractivity contribution in [1.82, 2.24) is 9.80 Å². The molecule has 0 saturated carbocycles. The van der Waals surface area contributed by atoms with E-state index < -0.39 is 0 Å². The van der Waals surface area contributed by atoms with Gasteiger partial charge in [0, 0.05) is 44.8 Å². The zero-order valence-corrected chi connectivity index (χ0v) is 12.7. The molecule has 1 aliphatic rings. The minimum atomic E-state index is 0.0309. The monoisotopic (exact) mass is 293 g/mol. The van der Waals surface area contributed by atoms with Gasteiger partial charge in [-0.2, -0.15) is 0 Å². The highest BCUT2D eigenvalue weighted by atomic mass is 16.5. The van der Waals surface area contributed by atoms with Crippen molar-refractivity contribution in [2.45, 2.75) is 0 Å². The number of methoxy groups -OCH3 is 2. The molecule has 1 aromatic rings. The molecule has 1 heterocycles. The average molecular weight is 293 g/mol. The van der Waals surface area contributed by atoms with E-state index in [-0.39, 0.29) is 5.91 Å². The Morgan fingerprint density at radius 2 is 1.81 bits per heavy atom. The van der Waals surface area contributed by atoms with Crippen LogP contribution in [0.4, 0.5) is 0 Å². The largest absolute Gasteiger partial charge is 0.493 e. The van der Waals surface area contributed by atoms with Gasteiger partial charge < -0.3 is 20.1 Å². The lowest BCUT2D eigenvalue weighted by molar-refractivity contribution is 0.0640. The van der Waals surface area contributed by atoms with Crippen LogP contribution in [0.2, 0.25) is 0 Å². The minimum Gasteiger partial charge on any atom is -0.493 e. The third-order valence-electron chi connectivity index (χ3n) is 3.74. The lowest BCUT2D eigenvalue weighted by Crippen LogP contribution is -2.49. The van der Waals surface area contributed by atoms with E-state index in [2.05, 4.69) is 4.90 Å². The first kappa shape index (κ1) is 15.6. The molecule has 0 aliphatic carbocycles. The summed E-state index contributed by atoms with van der Waals surface area (Å²) in [5.41, 5.74) is 6.18. The van der Waals surface area contributed by atoms with E-state index in [1.165, 1.54) is 0 Å². The molecule has 0 spiro atoms. The van der Waals surface area contributed by atoms with Gasteiger partial charge in [-0.15, -0.1) is 0 Å². The number of nitrogens with two attached hydrogens (primary N) is 1. The summed E-state index contributed by atoms with van der Waals surface area (Å²) >= 11 is 0. The number of nitrogens with zero attached hydrogens (tertiary/aromatic N) is 2. The molecule has 1 aliphatic heterocycles. The van der Waals surface area contributed by atoms with E-state index in [1.54, 1.807) is 32.4 Å². The molecule has 6 heteroatoms. The molecule has 0 aromatic heterocycles. The van der Waals surface area contributed by atoms with Crippen LogP contribution in [0.25, 0.3) is 0 Å². The predicted octanol–water partition coefficient (Wildman–Crippen LogP) is 0.420. The highest BCUT2D eigenvalue weighted by Gasteiger charge is 2.22. The van der Waals surface area contributed by atoms with Crippen molar-refractivity contribution in [1.29, 1.82) is 0 Å². The summed E-state index contributed by atoms with van der Waals surface area (Å²) in [7, 11) is 3.15. The zero-order chi connectivity index (χ0) is 15.2. The molecule has 1 amide bonds. The van der Waals surface area contributed by atoms with E-state index in [9.17, 15) is 4.79 Å². The number of carbonyl (C=O) groups is 1. The summed E-state index contributed by atoms with van der Waals surface area (Å²) in [6, 6.07) is 5.26. The number of ether oxygens (including phenoxy) is 2. The average Bonchev–Trinajstić information content (AvgIpc) is 2.54. The summed E-state index contributed by atoms with van der Waals surface area (Å²) in [5.74, 6) is 1.23. The second-order valence-electron chi connectivity index (χ2n) is 4.99. The lowest BCUT2D eigenvalue weighted by Gasteiger charge is -2.34. The molecule has 2 rings (SSSR count). The van der Waals surface area contributed by atoms with E-state index >= 15 is 0 Å². The Balaban J connectivity index is 2.04. The van der Waals surface area contributed by atoms with Gasteiger partial charge in [-0.1, -0.05) is 0 Å². The molecular weight excluding hydrogens is 270 g/mol. The van der Waals surface area contributed by atoms with Gasteiger partial charge in [-0.3, -0.25) is 9.69 Å². The number of carbonyl (C=O) groups excluding carboxylic acids is 1. The van der Waals surface area contributed by atoms with Gasteiger partial charge in [0.15, 0.2) is 11.5 Å². The van der Waals surface area contributed by atoms with Crippen LogP contribution in [0, 0.1) is 0 Å². The number of piperazine rings is 1.